The van der Waals surface area contributed by atoms with Gasteiger partial charge in [0.1, 0.15) is 5.75 Å². The van der Waals surface area contributed by atoms with Crippen molar-refractivity contribution in [2.24, 2.45) is 0 Å². The summed E-state index contributed by atoms with van der Waals surface area (Å²) in [5.74, 6) is 0.582. The molecule has 1 unspecified atom stereocenters. The van der Waals surface area contributed by atoms with Crippen molar-refractivity contribution in [1.29, 1.82) is 0 Å². The number of nitrogens with zero attached hydrogens (tertiary/aromatic N) is 1. The molecule has 7 heteroatoms. The van der Waals surface area contributed by atoms with Crippen LogP contribution in [-0.4, -0.2) is 49.4 Å². The van der Waals surface area contributed by atoms with E-state index >= 15 is 0 Å². The van der Waals surface area contributed by atoms with Gasteiger partial charge in [0.2, 0.25) is 0 Å². The van der Waals surface area contributed by atoms with Crippen LogP contribution in [0.3, 0.4) is 0 Å². The number of ether oxygens (including phenoxy) is 1. The van der Waals surface area contributed by atoms with Crippen molar-refractivity contribution in [3.05, 3.63) is 28.8 Å². The molecule has 1 atom stereocenters. The predicted octanol–water partition coefficient (Wildman–Crippen LogP) is 3.38. The summed E-state index contributed by atoms with van der Waals surface area (Å²) in [6, 6.07) is 5.33. The first-order chi connectivity index (χ1) is 12.4. The van der Waals surface area contributed by atoms with Crippen molar-refractivity contribution in [2.75, 3.05) is 18.1 Å². The lowest BCUT2D eigenvalue weighted by molar-refractivity contribution is -0.138. The molecule has 0 bridgehead atoms. The highest BCUT2D eigenvalue weighted by atomic mass is 35.5. The second-order valence-electron chi connectivity index (χ2n) is 7.37. The fraction of sp³-hybridized carbons (Fsp3) is 0.632. The van der Waals surface area contributed by atoms with Crippen molar-refractivity contribution in [3.63, 3.8) is 0 Å². The number of aryl methyl sites for hydroxylation is 1. The maximum Gasteiger partial charge on any atom is 0.261 e. The molecule has 3 rings (SSSR count). The third-order valence-electron chi connectivity index (χ3n) is 5.30. The van der Waals surface area contributed by atoms with Crippen molar-refractivity contribution >= 4 is 27.3 Å². The molecule has 0 radical (unpaired) electrons. The average Bonchev–Trinajstić information content (AvgIpc) is 2.96. The summed E-state index contributed by atoms with van der Waals surface area (Å²) in [4.78, 5) is 14.8. The first-order valence-electron chi connectivity index (χ1n) is 9.26. The Bertz CT molecular complexity index is 759. The van der Waals surface area contributed by atoms with Crippen molar-refractivity contribution < 1.29 is 17.9 Å². The van der Waals surface area contributed by atoms with E-state index in [2.05, 4.69) is 0 Å². The van der Waals surface area contributed by atoms with Crippen LogP contribution in [0.15, 0.2) is 18.2 Å². The number of carbonyl (C=O) groups excluding carboxylic acids is 1. The molecular weight excluding hydrogens is 374 g/mol. The van der Waals surface area contributed by atoms with Crippen LogP contribution in [0.5, 0.6) is 5.75 Å². The van der Waals surface area contributed by atoms with Crippen LogP contribution >= 0.6 is 11.6 Å². The Morgan fingerprint density at radius 3 is 2.58 bits per heavy atom. The minimum absolute atomic E-state index is 0.0699. The van der Waals surface area contributed by atoms with E-state index in [1.807, 2.05) is 17.9 Å². The Morgan fingerprint density at radius 1 is 1.19 bits per heavy atom. The Kier molecular flexibility index (Phi) is 6.13. The highest BCUT2D eigenvalue weighted by Crippen LogP contribution is 2.29. The van der Waals surface area contributed by atoms with Crippen LogP contribution in [0.25, 0.3) is 0 Å². The highest BCUT2D eigenvalue weighted by molar-refractivity contribution is 7.91. The van der Waals surface area contributed by atoms with Crippen molar-refractivity contribution in [1.82, 2.24) is 4.90 Å². The predicted molar refractivity (Wildman–Crippen MR) is 102 cm³/mol. The molecule has 26 heavy (non-hydrogen) atoms. The summed E-state index contributed by atoms with van der Waals surface area (Å²) >= 11 is 6.14. The molecule has 0 aromatic heterocycles. The summed E-state index contributed by atoms with van der Waals surface area (Å²) < 4.78 is 29.5. The quantitative estimate of drug-likeness (QED) is 0.761. The number of sulfone groups is 1. The summed E-state index contributed by atoms with van der Waals surface area (Å²) in [6.45, 7) is 1.82. The SMILES string of the molecule is Cc1ccc(Cl)c(OCC(=O)N(C2CCCCC2)C2CCS(=O)(=O)C2)c1. The summed E-state index contributed by atoms with van der Waals surface area (Å²) in [5.41, 5.74) is 1.00. The molecule has 1 heterocycles. The van der Waals surface area contributed by atoms with Gasteiger partial charge in [-0.1, -0.05) is 36.9 Å². The van der Waals surface area contributed by atoms with Crippen molar-refractivity contribution in [3.8, 4) is 5.75 Å². The van der Waals surface area contributed by atoms with E-state index in [1.165, 1.54) is 6.42 Å². The molecular formula is C19H26ClNO4S. The van der Waals surface area contributed by atoms with Gasteiger partial charge >= 0.3 is 0 Å². The normalized spacial score (nSPS) is 22.9. The molecule has 1 aromatic carbocycles. The molecule has 1 amide bonds. The van der Waals surface area contributed by atoms with E-state index in [0.29, 0.717) is 17.2 Å². The van der Waals surface area contributed by atoms with Gasteiger partial charge in [0.15, 0.2) is 16.4 Å². The summed E-state index contributed by atoms with van der Waals surface area (Å²) in [6.07, 6.45) is 5.74. The van der Waals surface area contributed by atoms with Crippen LogP contribution in [0, 0.1) is 6.92 Å². The lowest BCUT2D eigenvalue weighted by Crippen LogP contribution is -2.50. The zero-order valence-electron chi connectivity index (χ0n) is 15.1. The topological polar surface area (TPSA) is 63.7 Å². The molecule has 1 aliphatic carbocycles. The zero-order valence-corrected chi connectivity index (χ0v) is 16.7. The number of carbonyl (C=O) groups is 1. The standard InChI is InChI=1S/C19H26ClNO4S/c1-14-7-8-17(20)18(11-14)25-12-19(22)21(15-5-3-2-4-6-15)16-9-10-26(23,24)13-16/h7-8,11,15-16H,2-6,9-10,12-13H2,1H3. The third-order valence-corrected chi connectivity index (χ3v) is 7.36. The van der Waals surface area contributed by atoms with Gasteiger partial charge < -0.3 is 9.64 Å². The van der Waals surface area contributed by atoms with Gasteiger partial charge in [-0.2, -0.15) is 0 Å². The van der Waals surface area contributed by atoms with Gasteiger partial charge in [-0.15, -0.1) is 0 Å². The average molecular weight is 400 g/mol. The number of benzene rings is 1. The van der Waals surface area contributed by atoms with Gasteiger partial charge in [0.25, 0.3) is 5.91 Å². The minimum Gasteiger partial charge on any atom is -0.482 e. The largest absolute Gasteiger partial charge is 0.482 e. The fourth-order valence-electron chi connectivity index (χ4n) is 3.99. The first-order valence-corrected chi connectivity index (χ1v) is 11.5. The summed E-state index contributed by atoms with van der Waals surface area (Å²) in [5, 5.41) is 0.469. The maximum absolute atomic E-state index is 13.0. The number of amides is 1. The molecule has 1 saturated heterocycles. The van der Waals surface area contributed by atoms with E-state index in [1.54, 1.807) is 12.1 Å². The lowest BCUT2D eigenvalue weighted by Gasteiger charge is -2.38. The van der Waals surface area contributed by atoms with E-state index in [0.717, 1.165) is 31.2 Å². The molecule has 2 fully saturated rings. The van der Waals surface area contributed by atoms with Crippen molar-refractivity contribution in [2.45, 2.75) is 57.5 Å². The Labute approximate surface area is 160 Å². The molecule has 0 spiro atoms. The number of rotatable bonds is 5. The molecule has 144 valence electrons. The van der Waals surface area contributed by atoms with Gasteiger partial charge in [-0.05, 0) is 43.9 Å². The fourth-order valence-corrected chi connectivity index (χ4v) is 5.88. The minimum atomic E-state index is -3.05. The van der Waals surface area contributed by atoms with Gasteiger partial charge in [-0.3, -0.25) is 4.79 Å². The zero-order chi connectivity index (χ0) is 18.7. The maximum atomic E-state index is 13.0. The van der Waals surface area contributed by atoms with Gasteiger partial charge in [0, 0.05) is 12.1 Å². The molecule has 2 aliphatic rings. The van der Waals surface area contributed by atoms with Gasteiger partial charge in [0.05, 0.1) is 16.5 Å². The van der Waals surface area contributed by atoms with Crippen LogP contribution < -0.4 is 4.74 Å². The lowest BCUT2D eigenvalue weighted by atomic mass is 9.93. The monoisotopic (exact) mass is 399 g/mol. The van der Waals surface area contributed by atoms with E-state index in [9.17, 15) is 13.2 Å². The van der Waals surface area contributed by atoms with Gasteiger partial charge in [-0.25, -0.2) is 8.42 Å². The molecule has 1 aliphatic heterocycles. The summed E-state index contributed by atoms with van der Waals surface area (Å²) in [7, 11) is -3.05. The first kappa shape index (κ1) is 19.5. The van der Waals surface area contributed by atoms with Crippen LogP contribution in [-0.2, 0) is 14.6 Å². The molecule has 0 N–H and O–H groups in total. The van der Waals surface area contributed by atoms with Crippen LogP contribution in [0.2, 0.25) is 5.02 Å². The molecule has 1 aromatic rings. The molecule has 1 saturated carbocycles. The Morgan fingerprint density at radius 2 is 1.92 bits per heavy atom. The smallest absolute Gasteiger partial charge is 0.261 e. The van der Waals surface area contributed by atoms with Crippen LogP contribution in [0.4, 0.5) is 0 Å². The second kappa shape index (κ2) is 8.17. The number of hydrogen-bond acceptors (Lipinski definition) is 4. The third kappa shape index (κ3) is 4.71. The highest BCUT2D eigenvalue weighted by Gasteiger charge is 2.38. The number of hydrogen-bond donors (Lipinski definition) is 0. The molecule has 5 nitrogen and oxygen atoms in total. The Balaban J connectivity index is 1.73. The van der Waals surface area contributed by atoms with E-state index in [4.69, 9.17) is 16.3 Å². The second-order valence-corrected chi connectivity index (χ2v) is 10.0. The van der Waals surface area contributed by atoms with E-state index in [-0.39, 0.29) is 36.1 Å². The number of halogens is 1. The Hall–Kier alpha value is -1.27. The van der Waals surface area contributed by atoms with Crippen LogP contribution in [0.1, 0.15) is 44.1 Å². The van der Waals surface area contributed by atoms with E-state index < -0.39 is 9.84 Å².